The van der Waals surface area contributed by atoms with E-state index in [0.29, 0.717) is 0 Å². The van der Waals surface area contributed by atoms with Gasteiger partial charge in [0, 0.05) is 0 Å². The van der Waals surface area contributed by atoms with Gasteiger partial charge in [-0.05, 0) is 5.21 Å². The molecule has 1 aromatic rings. The van der Waals surface area contributed by atoms with Gasteiger partial charge in [0.25, 0.3) is 5.82 Å². The summed E-state index contributed by atoms with van der Waals surface area (Å²) in [6, 6.07) is 1.60. The van der Waals surface area contributed by atoms with Gasteiger partial charge in [-0.25, -0.2) is 0 Å². The van der Waals surface area contributed by atoms with Crippen LogP contribution in [-0.4, -0.2) is 30.7 Å². The smallest absolute Gasteiger partial charge is 0.360 e. The highest BCUT2D eigenvalue weighted by Gasteiger charge is 2.16. The molecular formula is C4H3N7. The van der Waals surface area contributed by atoms with Crippen LogP contribution < -0.4 is 0 Å². The molecule has 1 rings (SSSR count). The Kier molecular flexibility index (Phi) is 1.72. The highest BCUT2D eigenvalue weighted by atomic mass is 15.6. The largest absolute Gasteiger partial charge is 0.439 e. The molecule has 0 aliphatic carbocycles. The Bertz CT molecular complexity index is 349. The van der Waals surface area contributed by atoms with Gasteiger partial charge in [-0.2, -0.15) is 14.8 Å². The molecular weight excluding hydrogens is 146 g/mol. The van der Waals surface area contributed by atoms with E-state index in [2.05, 4.69) is 20.2 Å². The van der Waals surface area contributed by atoms with E-state index in [1.54, 1.807) is 13.1 Å². The van der Waals surface area contributed by atoms with E-state index >= 15 is 0 Å². The zero-order chi connectivity index (χ0) is 8.27. The number of aromatic nitrogens is 4. The number of nitriles is 1. The third kappa shape index (κ3) is 1.26. The topological polar surface area (TPSA) is 104 Å². The van der Waals surface area contributed by atoms with Crippen molar-refractivity contribution in [3.63, 3.8) is 0 Å². The number of tetrazole rings is 1. The van der Waals surface area contributed by atoms with Crippen molar-refractivity contribution in [2.75, 3.05) is 0 Å². The lowest BCUT2D eigenvalue weighted by Gasteiger charge is -1.74. The highest BCUT2D eigenvalue weighted by molar-refractivity contribution is 6.04. The van der Waals surface area contributed by atoms with Crippen LogP contribution in [0.25, 0.3) is 5.53 Å². The molecule has 11 heavy (non-hydrogen) atoms. The predicted octanol–water partition coefficient (Wildman–Crippen LogP) is -1.25. The minimum atomic E-state index is -0.252. The first-order valence-corrected chi connectivity index (χ1v) is 2.64. The number of rotatable bonds is 1. The van der Waals surface area contributed by atoms with Crippen LogP contribution in [-0.2, 0) is 7.05 Å². The molecule has 0 aliphatic rings. The van der Waals surface area contributed by atoms with E-state index in [1.807, 2.05) is 0 Å². The van der Waals surface area contributed by atoms with Gasteiger partial charge >= 0.3 is 5.71 Å². The molecule has 0 unspecified atom stereocenters. The first-order chi connectivity index (χ1) is 5.27. The molecule has 1 heterocycles. The van der Waals surface area contributed by atoms with E-state index in [0.717, 1.165) is 4.80 Å². The van der Waals surface area contributed by atoms with Crippen LogP contribution in [0.4, 0.5) is 0 Å². The van der Waals surface area contributed by atoms with Gasteiger partial charge < -0.3 is 5.53 Å². The second kappa shape index (κ2) is 2.68. The fourth-order valence-corrected chi connectivity index (χ4v) is 0.496. The van der Waals surface area contributed by atoms with Gasteiger partial charge in [-0.1, -0.05) is 5.10 Å². The predicted molar refractivity (Wildman–Crippen MR) is 32.1 cm³/mol. The van der Waals surface area contributed by atoms with E-state index < -0.39 is 0 Å². The third-order valence-electron chi connectivity index (χ3n) is 0.926. The van der Waals surface area contributed by atoms with Crippen molar-refractivity contribution >= 4 is 5.71 Å². The lowest BCUT2D eigenvalue weighted by Crippen LogP contribution is -2.02. The molecule has 0 bridgehead atoms. The Balaban J connectivity index is 3.14. The quantitative estimate of drug-likeness (QED) is 0.282. The molecule has 0 saturated carbocycles. The molecule has 0 spiro atoms. The van der Waals surface area contributed by atoms with Crippen molar-refractivity contribution in [1.82, 2.24) is 20.2 Å². The summed E-state index contributed by atoms with van der Waals surface area (Å²) < 4.78 is 0. The summed E-state index contributed by atoms with van der Waals surface area (Å²) in [6.45, 7) is 0. The first kappa shape index (κ1) is 7.05. The number of aryl methyl sites for hydroxylation is 1. The van der Waals surface area contributed by atoms with Crippen LogP contribution in [0.15, 0.2) is 0 Å². The van der Waals surface area contributed by atoms with Crippen LogP contribution >= 0.6 is 0 Å². The summed E-state index contributed by atoms with van der Waals surface area (Å²) in [5.74, 6) is 0.0116. The SMILES string of the molecule is Cn1nnc(C(C#N)=[N+]=[N-])n1. The second-order valence-corrected chi connectivity index (χ2v) is 1.66. The van der Waals surface area contributed by atoms with Crippen molar-refractivity contribution in [1.29, 1.82) is 5.26 Å². The van der Waals surface area contributed by atoms with E-state index in [4.69, 9.17) is 10.8 Å². The molecule has 0 radical (unpaired) electrons. The summed E-state index contributed by atoms with van der Waals surface area (Å²) in [5, 5.41) is 18.9. The maximum Gasteiger partial charge on any atom is 0.439 e. The Morgan fingerprint density at radius 2 is 2.55 bits per heavy atom. The average Bonchev–Trinajstić information content (AvgIpc) is 2.39. The van der Waals surface area contributed by atoms with Crippen molar-refractivity contribution in [2.24, 2.45) is 7.05 Å². The minimum absolute atomic E-state index is 0.0116. The third-order valence-corrected chi connectivity index (χ3v) is 0.926. The van der Waals surface area contributed by atoms with E-state index in [9.17, 15) is 0 Å². The molecule has 0 aliphatic heterocycles. The summed E-state index contributed by atoms with van der Waals surface area (Å²) >= 11 is 0. The lowest BCUT2D eigenvalue weighted by atomic mass is 10.4. The maximum absolute atomic E-state index is 8.33. The summed E-state index contributed by atoms with van der Waals surface area (Å²) in [5.41, 5.74) is 7.99. The van der Waals surface area contributed by atoms with E-state index in [-0.39, 0.29) is 11.5 Å². The Labute approximate surface area is 61.5 Å². The van der Waals surface area contributed by atoms with Gasteiger partial charge in [0.1, 0.15) is 0 Å². The Morgan fingerprint density at radius 1 is 1.82 bits per heavy atom. The first-order valence-electron chi connectivity index (χ1n) is 2.64. The van der Waals surface area contributed by atoms with Gasteiger partial charge in [0.15, 0.2) is 6.07 Å². The van der Waals surface area contributed by atoms with Crippen molar-refractivity contribution < 1.29 is 4.79 Å². The van der Waals surface area contributed by atoms with Crippen molar-refractivity contribution in [3.8, 4) is 6.07 Å². The monoisotopic (exact) mass is 149 g/mol. The zero-order valence-corrected chi connectivity index (χ0v) is 5.63. The number of hydrogen-bond acceptors (Lipinski definition) is 4. The lowest BCUT2D eigenvalue weighted by molar-refractivity contribution is -0.00220. The van der Waals surface area contributed by atoms with Crippen LogP contribution in [0.2, 0.25) is 0 Å². The molecule has 0 atom stereocenters. The maximum atomic E-state index is 8.33. The highest BCUT2D eigenvalue weighted by Crippen LogP contribution is 1.83. The molecule has 0 amide bonds. The molecule has 0 aromatic carbocycles. The standard InChI is InChI=1S/C4H3N7/c1-11-9-4(8-10-11)3(2-5)7-6/h1H3. The van der Waals surface area contributed by atoms with Gasteiger partial charge in [0.2, 0.25) is 0 Å². The van der Waals surface area contributed by atoms with Gasteiger partial charge in [-0.3, -0.25) is 0 Å². The van der Waals surface area contributed by atoms with Crippen molar-refractivity contribution in [2.45, 2.75) is 0 Å². The average molecular weight is 149 g/mol. The Hall–Kier alpha value is -2.06. The summed E-state index contributed by atoms with van der Waals surface area (Å²) in [7, 11) is 1.54. The van der Waals surface area contributed by atoms with Crippen LogP contribution in [0.5, 0.6) is 0 Å². The zero-order valence-electron chi connectivity index (χ0n) is 5.63. The number of nitrogens with zero attached hydrogens (tertiary/aromatic N) is 7. The van der Waals surface area contributed by atoms with Crippen LogP contribution in [0.1, 0.15) is 5.82 Å². The van der Waals surface area contributed by atoms with Crippen LogP contribution in [0.3, 0.4) is 0 Å². The molecule has 0 fully saturated rings. The normalized spacial score (nSPS) is 8.36. The van der Waals surface area contributed by atoms with Gasteiger partial charge in [-0.15, -0.1) is 5.10 Å². The van der Waals surface area contributed by atoms with Crippen molar-refractivity contribution in [3.05, 3.63) is 11.4 Å². The van der Waals surface area contributed by atoms with Gasteiger partial charge in [0.05, 0.1) is 7.05 Å². The minimum Gasteiger partial charge on any atom is -0.360 e. The molecule has 7 nitrogen and oxygen atoms in total. The fourth-order valence-electron chi connectivity index (χ4n) is 0.496. The fraction of sp³-hybridized carbons (Fsp3) is 0.250. The van der Waals surface area contributed by atoms with E-state index in [1.165, 1.54) is 0 Å². The summed E-state index contributed by atoms with van der Waals surface area (Å²) in [4.78, 5) is 3.83. The summed E-state index contributed by atoms with van der Waals surface area (Å²) in [6.07, 6.45) is 0. The molecule has 1 aromatic heterocycles. The molecule has 0 N–H and O–H groups in total. The number of hydrogen-bond donors (Lipinski definition) is 0. The molecule has 54 valence electrons. The Morgan fingerprint density at radius 3 is 2.91 bits per heavy atom. The second-order valence-electron chi connectivity index (χ2n) is 1.66. The molecule has 7 heteroatoms. The molecule has 0 saturated heterocycles. The van der Waals surface area contributed by atoms with Crippen LogP contribution in [0, 0.1) is 11.3 Å².